The summed E-state index contributed by atoms with van der Waals surface area (Å²) in [5.74, 6) is -3.07. The minimum atomic E-state index is -4.98. The number of alkyl halides is 3. The first-order valence-electron chi connectivity index (χ1n) is 12.3. The van der Waals surface area contributed by atoms with E-state index in [9.17, 15) is 33.0 Å². The second-order valence-corrected chi connectivity index (χ2v) is 9.29. The van der Waals surface area contributed by atoms with Crippen LogP contribution in [-0.2, 0) is 15.8 Å². The standard InChI is InChI=1S/C27H31F3N4O5/c1-33-14-11-19(12-15-33)32-26(31)18-7-8-21(35)17(16-18)4-3-13-34(23(37)9-10-24(38)39)20-5-2-6-22(36)25(20)27(28,29)30/h2-8,16,19,35-36H,9-15H2,1H3,(H2,31,32)(H,38,39)/b4-3+. The number of phenolic OH excluding ortho intramolecular Hbond substituents is 2. The van der Waals surface area contributed by atoms with E-state index in [1.165, 1.54) is 18.2 Å². The van der Waals surface area contributed by atoms with Crippen molar-refractivity contribution < 1.29 is 38.1 Å². The van der Waals surface area contributed by atoms with Crippen molar-refractivity contribution in [2.75, 3.05) is 31.6 Å². The maximum Gasteiger partial charge on any atom is 0.421 e. The molecule has 210 valence electrons. The van der Waals surface area contributed by atoms with Gasteiger partial charge in [-0.1, -0.05) is 18.2 Å². The Bertz CT molecular complexity index is 1250. The molecule has 1 fully saturated rings. The summed E-state index contributed by atoms with van der Waals surface area (Å²) < 4.78 is 41.2. The van der Waals surface area contributed by atoms with E-state index in [2.05, 4.69) is 9.89 Å². The van der Waals surface area contributed by atoms with Crippen molar-refractivity contribution in [3.05, 3.63) is 59.2 Å². The van der Waals surface area contributed by atoms with Gasteiger partial charge >= 0.3 is 12.1 Å². The number of benzene rings is 2. The van der Waals surface area contributed by atoms with Crippen LogP contribution >= 0.6 is 0 Å². The minimum Gasteiger partial charge on any atom is -0.507 e. The molecule has 0 saturated carbocycles. The third kappa shape index (κ3) is 7.96. The molecule has 5 N–H and O–H groups in total. The molecule has 0 radical (unpaired) electrons. The number of carboxylic acids is 1. The highest BCUT2D eigenvalue weighted by atomic mass is 19.4. The van der Waals surface area contributed by atoms with Crippen LogP contribution in [0.2, 0.25) is 0 Å². The van der Waals surface area contributed by atoms with Gasteiger partial charge < -0.3 is 30.9 Å². The maximum atomic E-state index is 13.7. The van der Waals surface area contributed by atoms with Gasteiger partial charge in [0.05, 0.1) is 18.2 Å². The first-order valence-corrected chi connectivity index (χ1v) is 12.3. The molecule has 0 spiro atoms. The zero-order valence-corrected chi connectivity index (χ0v) is 21.4. The van der Waals surface area contributed by atoms with E-state index >= 15 is 0 Å². The summed E-state index contributed by atoms with van der Waals surface area (Å²) in [4.78, 5) is 31.3. The van der Waals surface area contributed by atoms with Gasteiger partial charge in [-0.25, -0.2) is 0 Å². The molecular weight excluding hydrogens is 517 g/mol. The number of nitrogens with two attached hydrogens (primary N) is 1. The van der Waals surface area contributed by atoms with E-state index in [0.717, 1.165) is 49.0 Å². The molecular formula is C27H31F3N4O5. The normalized spacial score (nSPS) is 15.5. The third-order valence-electron chi connectivity index (χ3n) is 6.37. The van der Waals surface area contributed by atoms with Crippen LogP contribution in [0.5, 0.6) is 11.5 Å². The van der Waals surface area contributed by atoms with Crippen LogP contribution in [0.25, 0.3) is 6.08 Å². The van der Waals surface area contributed by atoms with Crippen molar-refractivity contribution in [3.8, 4) is 11.5 Å². The number of aliphatic carboxylic acids is 1. The molecule has 9 nitrogen and oxygen atoms in total. The predicted molar refractivity (Wildman–Crippen MR) is 141 cm³/mol. The van der Waals surface area contributed by atoms with Crippen LogP contribution in [0.4, 0.5) is 18.9 Å². The van der Waals surface area contributed by atoms with Gasteiger partial charge in [-0.05, 0) is 63.3 Å². The molecule has 12 heteroatoms. The monoisotopic (exact) mass is 548 g/mol. The topological polar surface area (TPSA) is 140 Å². The number of carboxylic acid groups (broad SMARTS) is 1. The lowest BCUT2D eigenvalue weighted by Crippen LogP contribution is -2.33. The van der Waals surface area contributed by atoms with Crippen molar-refractivity contribution in [3.63, 3.8) is 0 Å². The number of aromatic hydroxyl groups is 2. The molecule has 1 aliphatic rings. The second-order valence-electron chi connectivity index (χ2n) is 9.29. The van der Waals surface area contributed by atoms with Gasteiger partial charge in [0.25, 0.3) is 0 Å². The predicted octanol–water partition coefficient (Wildman–Crippen LogP) is 3.83. The number of carbonyl (C=O) groups excluding carboxylic acids is 1. The first-order chi connectivity index (χ1) is 18.4. The lowest BCUT2D eigenvalue weighted by atomic mass is 10.0. The molecule has 2 aromatic rings. The van der Waals surface area contributed by atoms with Crippen LogP contribution in [0.3, 0.4) is 0 Å². The number of anilines is 1. The fraction of sp³-hybridized carbons (Fsp3) is 0.370. The minimum absolute atomic E-state index is 0.0736. The van der Waals surface area contributed by atoms with E-state index in [0.29, 0.717) is 17.0 Å². The lowest BCUT2D eigenvalue weighted by Gasteiger charge is -2.26. The number of amides is 1. The summed E-state index contributed by atoms with van der Waals surface area (Å²) in [6.07, 6.45) is -1.63. The van der Waals surface area contributed by atoms with E-state index < -0.39 is 54.4 Å². The number of hydrogen-bond acceptors (Lipinski definition) is 6. The van der Waals surface area contributed by atoms with Crippen LogP contribution in [0.15, 0.2) is 47.5 Å². The average Bonchev–Trinajstić information content (AvgIpc) is 2.86. The van der Waals surface area contributed by atoms with E-state index in [4.69, 9.17) is 10.8 Å². The van der Waals surface area contributed by atoms with Crippen molar-refractivity contribution in [1.29, 1.82) is 0 Å². The number of carbonyl (C=O) groups is 2. The molecule has 0 bridgehead atoms. The number of rotatable bonds is 9. The van der Waals surface area contributed by atoms with Gasteiger partial charge in [-0.2, -0.15) is 13.2 Å². The quantitative estimate of drug-likeness (QED) is 0.276. The molecule has 0 aromatic heterocycles. The summed E-state index contributed by atoms with van der Waals surface area (Å²) in [5, 5.41) is 29.2. The molecule has 2 aromatic carbocycles. The smallest absolute Gasteiger partial charge is 0.421 e. The highest BCUT2D eigenvalue weighted by Crippen LogP contribution is 2.42. The summed E-state index contributed by atoms with van der Waals surface area (Å²) in [6.45, 7) is 1.41. The molecule has 3 rings (SSSR count). The van der Waals surface area contributed by atoms with Crippen molar-refractivity contribution in [2.24, 2.45) is 10.7 Å². The molecule has 1 heterocycles. The lowest BCUT2D eigenvalue weighted by molar-refractivity contribution is -0.139. The molecule has 1 amide bonds. The maximum absolute atomic E-state index is 13.7. The van der Waals surface area contributed by atoms with Crippen molar-refractivity contribution in [2.45, 2.75) is 37.9 Å². The highest BCUT2D eigenvalue weighted by molar-refractivity contribution is 5.98. The Hall–Kier alpha value is -4.06. The Morgan fingerprint density at radius 2 is 1.82 bits per heavy atom. The van der Waals surface area contributed by atoms with Crippen molar-refractivity contribution in [1.82, 2.24) is 4.90 Å². The number of halogens is 3. The van der Waals surface area contributed by atoms with Crippen LogP contribution in [0, 0.1) is 0 Å². The number of nitrogens with zero attached hydrogens (tertiary/aromatic N) is 3. The summed E-state index contributed by atoms with van der Waals surface area (Å²) in [5.41, 5.74) is 5.01. The van der Waals surface area contributed by atoms with Gasteiger partial charge in [0.15, 0.2) is 0 Å². The SMILES string of the molecule is CN1CCC(N=C(N)c2ccc(O)c(/C=C/CN(C(=O)CCC(=O)O)c3cccc(O)c3C(F)(F)F)c2)CC1. The number of piperidine rings is 1. The number of amidine groups is 1. The average molecular weight is 549 g/mol. The third-order valence-corrected chi connectivity index (χ3v) is 6.37. The van der Waals surface area contributed by atoms with Crippen molar-refractivity contribution >= 4 is 29.5 Å². The van der Waals surface area contributed by atoms with E-state index in [1.807, 2.05) is 7.05 Å². The molecule has 0 atom stereocenters. The number of hydrogen-bond donors (Lipinski definition) is 4. The largest absolute Gasteiger partial charge is 0.507 e. The van der Waals surface area contributed by atoms with Gasteiger partial charge in [0.1, 0.15) is 22.9 Å². The number of aliphatic imine (C=N–C) groups is 1. The van der Waals surface area contributed by atoms with Crippen LogP contribution in [-0.4, -0.2) is 70.7 Å². The number of likely N-dealkylation sites (tertiary alicyclic amines) is 1. The Morgan fingerprint density at radius 3 is 2.46 bits per heavy atom. The number of phenols is 2. The fourth-order valence-corrected chi connectivity index (χ4v) is 4.25. The summed E-state index contributed by atoms with van der Waals surface area (Å²) in [7, 11) is 2.03. The van der Waals surface area contributed by atoms with Gasteiger partial charge in [0.2, 0.25) is 5.91 Å². The van der Waals surface area contributed by atoms with Gasteiger partial charge in [-0.15, -0.1) is 0 Å². The van der Waals surface area contributed by atoms with E-state index in [1.54, 1.807) is 12.1 Å². The molecule has 39 heavy (non-hydrogen) atoms. The second kappa shape index (κ2) is 12.7. The van der Waals surface area contributed by atoms with Gasteiger partial charge in [0, 0.05) is 24.1 Å². The molecule has 1 aliphatic heterocycles. The Kier molecular flexibility index (Phi) is 9.57. The molecule has 0 unspecified atom stereocenters. The Morgan fingerprint density at radius 1 is 1.13 bits per heavy atom. The van der Waals surface area contributed by atoms with Crippen LogP contribution in [0.1, 0.15) is 42.4 Å². The summed E-state index contributed by atoms with van der Waals surface area (Å²) in [6, 6.07) is 7.69. The summed E-state index contributed by atoms with van der Waals surface area (Å²) >= 11 is 0. The Balaban J connectivity index is 1.88. The zero-order valence-electron chi connectivity index (χ0n) is 21.4. The highest BCUT2D eigenvalue weighted by Gasteiger charge is 2.39. The molecule has 1 saturated heterocycles. The van der Waals surface area contributed by atoms with Crippen LogP contribution < -0.4 is 10.6 Å². The van der Waals surface area contributed by atoms with E-state index in [-0.39, 0.29) is 11.8 Å². The zero-order chi connectivity index (χ0) is 28.7. The fourth-order valence-electron chi connectivity index (χ4n) is 4.25. The van der Waals surface area contributed by atoms with Gasteiger partial charge in [-0.3, -0.25) is 14.6 Å². The molecule has 0 aliphatic carbocycles. The Labute approximate surface area is 223 Å². The first kappa shape index (κ1) is 29.5.